The van der Waals surface area contributed by atoms with E-state index in [2.05, 4.69) is 4.99 Å². The number of carbonyl (C=O) groups is 2. The molecule has 0 aromatic heterocycles. The molecule has 34 heavy (non-hydrogen) atoms. The first-order valence-corrected chi connectivity index (χ1v) is 11.2. The average Bonchev–Trinajstić information content (AvgIpc) is 3.12. The Bertz CT molecular complexity index is 1100. The number of benzene rings is 2. The number of hydrogen-bond acceptors (Lipinski definition) is 8. The molecule has 180 valence electrons. The highest BCUT2D eigenvalue weighted by atomic mass is 32.2. The monoisotopic (exact) mass is 486 g/mol. The van der Waals surface area contributed by atoms with Gasteiger partial charge in [-0.3, -0.25) is 9.69 Å². The van der Waals surface area contributed by atoms with E-state index in [9.17, 15) is 9.59 Å². The molecule has 9 nitrogen and oxygen atoms in total. The molecule has 2 aromatic rings. The number of carboxylic acid groups (broad SMARTS) is 1. The van der Waals surface area contributed by atoms with Gasteiger partial charge in [0, 0.05) is 7.11 Å². The van der Waals surface area contributed by atoms with E-state index in [1.54, 1.807) is 55.5 Å². The Balaban J connectivity index is 1.89. The Morgan fingerprint density at radius 3 is 2.47 bits per heavy atom. The molecule has 0 saturated carbocycles. The molecule has 1 N–H and O–H groups in total. The molecule has 1 atom stereocenters. The van der Waals surface area contributed by atoms with Crippen LogP contribution in [0.2, 0.25) is 0 Å². The highest BCUT2D eigenvalue weighted by Gasteiger charge is 2.33. The van der Waals surface area contributed by atoms with Crippen LogP contribution >= 0.6 is 11.8 Å². The lowest BCUT2D eigenvalue weighted by Crippen LogP contribution is -2.32. The van der Waals surface area contributed by atoms with E-state index in [1.807, 2.05) is 12.1 Å². The van der Waals surface area contributed by atoms with Gasteiger partial charge in [0.15, 0.2) is 22.8 Å². The Kier molecular flexibility index (Phi) is 8.55. The van der Waals surface area contributed by atoms with Crippen LogP contribution in [0.15, 0.2) is 52.4 Å². The first kappa shape index (κ1) is 25.1. The van der Waals surface area contributed by atoms with Crippen LogP contribution in [0.25, 0.3) is 6.08 Å². The van der Waals surface area contributed by atoms with Gasteiger partial charge >= 0.3 is 5.97 Å². The van der Waals surface area contributed by atoms with E-state index in [-0.39, 0.29) is 5.91 Å². The molecule has 0 spiro atoms. The van der Waals surface area contributed by atoms with E-state index >= 15 is 0 Å². The van der Waals surface area contributed by atoms with Gasteiger partial charge in [-0.15, -0.1) is 0 Å². The number of hydrogen-bond donors (Lipinski definition) is 1. The summed E-state index contributed by atoms with van der Waals surface area (Å²) in [5.41, 5.74) is 1.39. The highest BCUT2D eigenvalue weighted by molar-refractivity contribution is 8.18. The van der Waals surface area contributed by atoms with Crippen molar-refractivity contribution in [2.45, 2.75) is 13.0 Å². The van der Waals surface area contributed by atoms with Crippen molar-refractivity contribution in [3.05, 3.63) is 52.9 Å². The van der Waals surface area contributed by atoms with Crippen LogP contribution < -0.4 is 14.2 Å². The molecule has 10 heteroatoms. The number of methoxy groups -OCH3 is 3. The van der Waals surface area contributed by atoms with Gasteiger partial charge < -0.3 is 24.1 Å². The molecule has 1 aliphatic heterocycles. The third kappa shape index (κ3) is 6.09. The van der Waals surface area contributed by atoms with Crippen molar-refractivity contribution in [2.75, 3.05) is 34.5 Å². The zero-order valence-corrected chi connectivity index (χ0v) is 20.1. The summed E-state index contributed by atoms with van der Waals surface area (Å²) >= 11 is 1.26. The van der Waals surface area contributed by atoms with Gasteiger partial charge in [-0.25, -0.2) is 9.79 Å². The smallest absolute Gasteiger partial charge is 0.344 e. The largest absolute Gasteiger partial charge is 0.497 e. The molecule has 1 aliphatic rings. The average molecular weight is 487 g/mol. The molecule has 0 aliphatic carbocycles. The van der Waals surface area contributed by atoms with E-state index in [4.69, 9.17) is 24.1 Å². The molecule has 0 bridgehead atoms. The number of aliphatic carboxylic acids is 1. The maximum absolute atomic E-state index is 13.1. The third-order valence-electron chi connectivity index (χ3n) is 4.84. The summed E-state index contributed by atoms with van der Waals surface area (Å²) in [6.07, 6.45) is 0.701. The lowest BCUT2D eigenvalue weighted by Gasteiger charge is -2.15. The first-order chi connectivity index (χ1) is 16.4. The van der Waals surface area contributed by atoms with Gasteiger partial charge in [0.2, 0.25) is 0 Å². The van der Waals surface area contributed by atoms with Crippen LogP contribution in [-0.2, 0) is 14.3 Å². The number of nitrogens with zero attached hydrogens (tertiary/aromatic N) is 2. The quantitative estimate of drug-likeness (QED) is 0.506. The number of thioether (sulfide) groups is 1. The lowest BCUT2D eigenvalue weighted by atomic mass is 10.2. The van der Waals surface area contributed by atoms with Crippen molar-refractivity contribution >= 4 is 40.6 Å². The molecular weight excluding hydrogens is 460 g/mol. The number of aliphatic imine (C=N–C) groups is 1. The van der Waals surface area contributed by atoms with Crippen LogP contribution in [-0.4, -0.2) is 67.6 Å². The standard InChI is InChI=1S/C24H26N2O7S/c1-15(23(28)29)33-19-10-5-16(13-20(19)32-4)14-21-22(27)26(11-12-30-2)24(34-21)25-17-6-8-18(31-3)9-7-17/h5-10,13-15H,11-12H2,1-4H3,(H,28,29)/b21-14-,25-24?/t15-/m0/s1. The van der Waals surface area contributed by atoms with Crippen molar-refractivity contribution < 1.29 is 33.6 Å². The van der Waals surface area contributed by atoms with Crippen molar-refractivity contribution in [1.82, 2.24) is 4.90 Å². The third-order valence-corrected chi connectivity index (χ3v) is 5.85. The second-order valence-corrected chi connectivity index (χ2v) is 8.17. The Hall–Kier alpha value is -3.50. The second kappa shape index (κ2) is 11.6. The maximum Gasteiger partial charge on any atom is 0.344 e. The van der Waals surface area contributed by atoms with E-state index in [1.165, 1.54) is 25.8 Å². The van der Waals surface area contributed by atoms with Gasteiger partial charge in [-0.2, -0.15) is 0 Å². The topological polar surface area (TPSA) is 107 Å². The first-order valence-electron chi connectivity index (χ1n) is 10.4. The normalized spacial score (nSPS) is 16.7. The minimum atomic E-state index is -1.08. The zero-order chi connectivity index (χ0) is 24.7. The Morgan fingerprint density at radius 2 is 1.85 bits per heavy atom. The number of carboxylic acids is 1. The van der Waals surface area contributed by atoms with Gasteiger partial charge in [-0.05, 0) is 66.7 Å². The fraction of sp³-hybridized carbons (Fsp3) is 0.292. The summed E-state index contributed by atoms with van der Waals surface area (Å²) in [7, 11) is 4.63. The van der Waals surface area contributed by atoms with Gasteiger partial charge in [0.05, 0.1) is 38.0 Å². The predicted octanol–water partition coefficient (Wildman–Crippen LogP) is 3.81. The minimum absolute atomic E-state index is 0.187. The summed E-state index contributed by atoms with van der Waals surface area (Å²) in [4.78, 5) is 30.9. The molecular formula is C24H26N2O7S. The molecule has 0 unspecified atom stereocenters. The summed E-state index contributed by atoms with van der Waals surface area (Å²) in [5, 5.41) is 9.62. The van der Waals surface area contributed by atoms with Crippen LogP contribution in [0.4, 0.5) is 5.69 Å². The van der Waals surface area contributed by atoms with Crippen LogP contribution in [0.5, 0.6) is 17.2 Å². The predicted molar refractivity (Wildman–Crippen MR) is 130 cm³/mol. The van der Waals surface area contributed by atoms with Crippen molar-refractivity contribution in [2.24, 2.45) is 4.99 Å². The van der Waals surface area contributed by atoms with E-state index in [0.29, 0.717) is 46.0 Å². The second-order valence-electron chi connectivity index (χ2n) is 7.16. The molecule has 1 heterocycles. The molecule has 0 radical (unpaired) electrons. The maximum atomic E-state index is 13.1. The van der Waals surface area contributed by atoms with Crippen molar-refractivity contribution in [3.8, 4) is 17.2 Å². The SMILES string of the molecule is COCCN1C(=O)/C(=C/c2ccc(O[C@@H](C)C(=O)O)c(OC)c2)SC1=Nc1ccc(OC)cc1. The van der Waals surface area contributed by atoms with E-state index < -0.39 is 12.1 Å². The lowest BCUT2D eigenvalue weighted by molar-refractivity contribution is -0.144. The highest BCUT2D eigenvalue weighted by Crippen LogP contribution is 2.36. The molecule has 1 amide bonds. The van der Waals surface area contributed by atoms with Crippen LogP contribution in [0.1, 0.15) is 12.5 Å². The number of ether oxygens (including phenoxy) is 4. The number of rotatable bonds is 10. The number of carbonyl (C=O) groups excluding carboxylic acids is 1. The summed E-state index contributed by atoms with van der Waals surface area (Å²) in [6.45, 7) is 2.16. The fourth-order valence-electron chi connectivity index (χ4n) is 3.00. The van der Waals surface area contributed by atoms with Crippen molar-refractivity contribution in [1.29, 1.82) is 0 Å². The minimum Gasteiger partial charge on any atom is -0.497 e. The summed E-state index contributed by atoms with van der Waals surface area (Å²) < 4.78 is 21.1. The molecule has 3 rings (SSSR count). The Labute approximate surface area is 202 Å². The molecule has 1 saturated heterocycles. The Morgan fingerprint density at radius 1 is 1.12 bits per heavy atom. The van der Waals surface area contributed by atoms with Crippen molar-refractivity contribution in [3.63, 3.8) is 0 Å². The number of amidine groups is 1. The van der Waals surface area contributed by atoms with E-state index in [0.717, 1.165) is 5.75 Å². The van der Waals surface area contributed by atoms with Crippen LogP contribution in [0, 0.1) is 0 Å². The van der Waals surface area contributed by atoms with Gasteiger partial charge in [0.1, 0.15) is 5.75 Å². The van der Waals surface area contributed by atoms with Crippen LogP contribution in [0.3, 0.4) is 0 Å². The summed E-state index contributed by atoms with van der Waals surface area (Å²) in [6, 6.07) is 12.3. The van der Waals surface area contributed by atoms with Gasteiger partial charge in [-0.1, -0.05) is 6.07 Å². The number of amides is 1. The van der Waals surface area contributed by atoms with Gasteiger partial charge in [0.25, 0.3) is 5.91 Å². The summed E-state index contributed by atoms with van der Waals surface area (Å²) in [5.74, 6) is 0.110. The molecule has 1 fully saturated rings. The molecule has 2 aromatic carbocycles. The fourth-order valence-corrected chi connectivity index (χ4v) is 4.03. The zero-order valence-electron chi connectivity index (χ0n) is 19.3.